The first kappa shape index (κ1) is 15.4. The number of hydrogen-bond acceptors (Lipinski definition) is 6. The molecule has 2 heterocycles. The van der Waals surface area contributed by atoms with Crippen molar-refractivity contribution >= 4 is 45.3 Å². The largest absolute Gasteiger partial charge is 0.454 e. The van der Waals surface area contributed by atoms with Gasteiger partial charge in [-0.05, 0) is 58.5 Å². The number of ether oxygens (including phenoxy) is 2. The van der Waals surface area contributed by atoms with Crippen molar-refractivity contribution in [1.29, 1.82) is 0 Å². The highest BCUT2D eigenvalue weighted by molar-refractivity contribution is 14.1. The molecule has 0 saturated carbocycles. The van der Waals surface area contributed by atoms with E-state index in [1.54, 1.807) is 6.21 Å². The molecule has 24 heavy (non-hydrogen) atoms. The molecule has 1 N–H and O–H groups in total. The van der Waals surface area contributed by atoms with Gasteiger partial charge in [0.2, 0.25) is 11.9 Å². The number of rotatable bonds is 4. The maximum atomic E-state index is 5.35. The summed E-state index contributed by atoms with van der Waals surface area (Å²) in [6.45, 7) is 0.272. The Morgan fingerprint density at radius 2 is 1.96 bits per heavy atom. The molecule has 7 heteroatoms. The van der Waals surface area contributed by atoms with Gasteiger partial charge in [-0.15, -0.1) is 11.3 Å². The Kier molecular flexibility index (Phi) is 4.35. The molecule has 1 aliphatic heterocycles. The van der Waals surface area contributed by atoms with Crippen molar-refractivity contribution < 1.29 is 9.47 Å². The smallest absolute Gasteiger partial charge is 0.231 e. The van der Waals surface area contributed by atoms with Crippen LogP contribution in [0, 0.1) is 3.57 Å². The van der Waals surface area contributed by atoms with Gasteiger partial charge < -0.3 is 9.47 Å². The maximum Gasteiger partial charge on any atom is 0.231 e. The van der Waals surface area contributed by atoms with Gasteiger partial charge in [0, 0.05) is 14.5 Å². The molecule has 0 aliphatic carbocycles. The lowest BCUT2D eigenvalue weighted by Gasteiger charge is -1.98. The number of anilines is 1. The number of benzene rings is 2. The minimum absolute atomic E-state index is 0.272. The lowest BCUT2D eigenvalue weighted by molar-refractivity contribution is 0.174. The molecule has 4 rings (SSSR count). The number of fused-ring (bicyclic) bond motifs is 1. The van der Waals surface area contributed by atoms with Crippen LogP contribution < -0.4 is 14.9 Å². The zero-order valence-electron chi connectivity index (χ0n) is 12.4. The van der Waals surface area contributed by atoms with Gasteiger partial charge in [-0.3, -0.25) is 5.43 Å². The number of halogens is 1. The average molecular weight is 449 g/mol. The Hall–Kier alpha value is -2.13. The number of thiazole rings is 1. The third-order valence-corrected chi connectivity index (χ3v) is 4.88. The molecule has 0 bridgehead atoms. The first-order valence-electron chi connectivity index (χ1n) is 7.18. The van der Waals surface area contributed by atoms with Crippen LogP contribution in [0.3, 0.4) is 0 Å². The third kappa shape index (κ3) is 3.36. The summed E-state index contributed by atoms with van der Waals surface area (Å²) >= 11 is 3.81. The van der Waals surface area contributed by atoms with Gasteiger partial charge >= 0.3 is 0 Å². The van der Waals surface area contributed by atoms with Gasteiger partial charge in [-0.1, -0.05) is 12.1 Å². The monoisotopic (exact) mass is 449 g/mol. The van der Waals surface area contributed by atoms with Gasteiger partial charge in [0.1, 0.15) is 0 Å². The van der Waals surface area contributed by atoms with E-state index in [4.69, 9.17) is 9.47 Å². The van der Waals surface area contributed by atoms with E-state index in [9.17, 15) is 0 Å². The molecule has 1 aromatic heterocycles. The Bertz CT molecular complexity index is 893. The Morgan fingerprint density at radius 1 is 1.12 bits per heavy atom. The van der Waals surface area contributed by atoms with E-state index < -0.39 is 0 Å². The summed E-state index contributed by atoms with van der Waals surface area (Å²) in [7, 11) is 0. The standard InChI is InChI=1S/C17H12IN3O2S/c18-13-4-2-12(3-5-13)14-9-24-17(20-14)21-19-8-11-1-6-15-16(7-11)23-10-22-15/h1-9H,10H2,(H,20,21)/b19-8+. The molecule has 0 amide bonds. The van der Waals surface area contributed by atoms with E-state index in [0.717, 1.165) is 33.5 Å². The summed E-state index contributed by atoms with van der Waals surface area (Å²) in [5, 5.41) is 7.00. The maximum absolute atomic E-state index is 5.35. The molecule has 0 saturated heterocycles. The van der Waals surface area contributed by atoms with E-state index in [1.165, 1.54) is 14.9 Å². The van der Waals surface area contributed by atoms with E-state index in [2.05, 4.69) is 62.4 Å². The number of hydrogen-bond donors (Lipinski definition) is 1. The normalized spacial score (nSPS) is 12.7. The predicted molar refractivity (Wildman–Crippen MR) is 104 cm³/mol. The van der Waals surface area contributed by atoms with Crippen LogP contribution in [0.15, 0.2) is 52.9 Å². The first-order chi connectivity index (χ1) is 11.8. The fourth-order valence-corrected chi connectivity index (χ4v) is 3.26. The first-order valence-corrected chi connectivity index (χ1v) is 9.14. The zero-order chi connectivity index (χ0) is 16.4. The SMILES string of the molecule is Ic1ccc(-c2csc(N/N=C/c3ccc4c(c3)OCO4)n2)cc1. The number of aromatic nitrogens is 1. The summed E-state index contributed by atoms with van der Waals surface area (Å²) < 4.78 is 11.8. The lowest BCUT2D eigenvalue weighted by Crippen LogP contribution is -1.93. The van der Waals surface area contributed by atoms with Crippen molar-refractivity contribution in [2.24, 2.45) is 5.10 Å². The molecular formula is C17H12IN3O2S. The van der Waals surface area contributed by atoms with Crippen LogP contribution in [0.4, 0.5) is 5.13 Å². The van der Waals surface area contributed by atoms with Crippen molar-refractivity contribution in [3.05, 3.63) is 57.0 Å². The Balaban J connectivity index is 1.43. The molecule has 5 nitrogen and oxygen atoms in total. The summed E-state index contributed by atoms with van der Waals surface area (Å²) in [5.41, 5.74) is 5.94. The van der Waals surface area contributed by atoms with Crippen molar-refractivity contribution in [2.45, 2.75) is 0 Å². The third-order valence-electron chi connectivity index (χ3n) is 3.41. The average Bonchev–Trinajstić information content (AvgIpc) is 3.24. The fraction of sp³-hybridized carbons (Fsp3) is 0.0588. The van der Waals surface area contributed by atoms with Crippen LogP contribution in [0.5, 0.6) is 11.5 Å². The second kappa shape index (κ2) is 6.78. The van der Waals surface area contributed by atoms with Crippen molar-refractivity contribution in [3.63, 3.8) is 0 Å². The molecule has 0 unspecified atom stereocenters. The van der Waals surface area contributed by atoms with E-state index in [1.807, 2.05) is 23.6 Å². The lowest BCUT2D eigenvalue weighted by atomic mass is 10.2. The Labute approximate surface area is 156 Å². The van der Waals surface area contributed by atoms with Gasteiger partial charge in [0.25, 0.3) is 0 Å². The number of nitrogens with one attached hydrogen (secondary N) is 1. The van der Waals surface area contributed by atoms with Crippen LogP contribution in [0.25, 0.3) is 11.3 Å². The molecule has 0 radical (unpaired) electrons. The molecule has 2 aromatic carbocycles. The van der Waals surface area contributed by atoms with Gasteiger partial charge in [0.05, 0.1) is 11.9 Å². The molecule has 0 atom stereocenters. The fourth-order valence-electron chi connectivity index (χ4n) is 2.23. The van der Waals surface area contributed by atoms with Crippen molar-refractivity contribution in [1.82, 2.24) is 4.98 Å². The van der Waals surface area contributed by atoms with Crippen LogP contribution in [-0.2, 0) is 0 Å². The number of nitrogens with zero attached hydrogens (tertiary/aromatic N) is 2. The highest BCUT2D eigenvalue weighted by Gasteiger charge is 2.12. The zero-order valence-corrected chi connectivity index (χ0v) is 15.4. The predicted octanol–water partition coefficient (Wildman–Crippen LogP) is 4.59. The minimum atomic E-state index is 0.272. The van der Waals surface area contributed by atoms with Crippen LogP contribution in [0.1, 0.15) is 5.56 Å². The molecular weight excluding hydrogens is 437 g/mol. The molecule has 120 valence electrons. The van der Waals surface area contributed by atoms with Gasteiger partial charge in [-0.2, -0.15) is 5.10 Å². The van der Waals surface area contributed by atoms with Crippen molar-refractivity contribution in [3.8, 4) is 22.8 Å². The van der Waals surface area contributed by atoms with Gasteiger partial charge in [0.15, 0.2) is 11.5 Å². The molecule has 3 aromatic rings. The molecule has 0 fully saturated rings. The topological polar surface area (TPSA) is 55.7 Å². The second-order valence-electron chi connectivity index (χ2n) is 5.03. The van der Waals surface area contributed by atoms with Crippen LogP contribution in [0.2, 0.25) is 0 Å². The minimum Gasteiger partial charge on any atom is -0.454 e. The highest BCUT2D eigenvalue weighted by atomic mass is 127. The van der Waals surface area contributed by atoms with E-state index >= 15 is 0 Å². The van der Waals surface area contributed by atoms with E-state index in [0.29, 0.717) is 0 Å². The summed E-state index contributed by atoms with van der Waals surface area (Å²) in [6, 6.07) is 14.0. The summed E-state index contributed by atoms with van der Waals surface area (Å²) in [6.07, 6.45) is 1.73. The van der Waals surface area contributed by atoms with Gasteiger partial charge in [-0.25, -0.2) is 4.98 Å². The van der Waals surface area contributed by atoms with E-state index in [-0.39, 0.29) is 6.79 Å². The number of hydrazone groups is 1. The van der Waals surface area contributed by atoms with Crippen LogP contribution in [-0.4, -0.2) is 18.0 Å². The Morgan fingerprint density at radius 3 is 2.83 bits per heavy atom. The highest BCUT2D eigenvalue weighted by Crippen LogP contribution is 2.32. The van der Waals surface area contributed by atoms with Crippen LogP contribution >= 0.6 is 33.9 Å². The quantitative estimate of drug-likeness (QED) is 0.360. The second-order valence-corrected chi connectivity index (χ2v) is 7.13. The summed E-state index contributed by atoms with van der Waals surface area (Å²) in [4.78, 5) is 4.55. The molecule has 1 aliphatic rings. The molecule has 0 spiro atoms. The summed E-state index contributed by atoms with van der Waals surface area (Å²) in [5.74, 6) is 1.51. The van der Waals surface area contributed by atoms with Crippen molar-refractivity contribution in [2.75, 3.05) is 12.2 Å².